The van der Waals surface area contributed by atoms with Crippen LogP contribution in [0.1, 0.15) is 91.4 Å². The molecular formula is C21H38O4. The Labute approximate surface area is 154 Å². The summed E-state index contributed by atoms with van der Waals surface area (Å²) in [6.45, 7) is 7.51. The summed E-state index contributed by atoms with van der Waals surface area (Å²) < 4.78 is 10.8. The van der Waals surface area contributed by atoms with Gasteiger partial charge in [-0.3, -0.25) is 9.59 Å². The maximum Gasteiger partial charge on any atom is 0.308 e. The zero-order valence-corrected chi connectivity index (χ0v) is 16.6. The third-order valence-corrected chi connectivity index (χ3v) is 5.08. The first-order chi connectivity index (χ1) is 12.0. The van der Waals surface area contributed by atoms with Crippen LogP contribution in [0, 0.1) is 17.8 Å². The highest BCUT2D eigenvalue weighted by atomic mass is 16.5. The zero-order chi connectivity index (χ0) is 18.5. The number of rotatable bonds is 12. The molecule has 0 aromatic heterocycles. The van der Waals surface area contributed by atoms with Crippen LogP contribution in [0.25, 0.3) is 0 Å². The van der Waals surface area contributed by atoms with Gasteiger partial charge in [-0.2, -0.15) is 0 Å². The molecule has 0 saturated heterocycles. The number of esters is 2. The van der Waals surface area contributed by atoms with Gasteiger partial charge in [0.25, 0.3) is 0 Å². The summed E-state index contributed by atoms with van der Waals surface area (Å²) in [6, 6.07) is 0. The first kappa shape index (κ1) is 22.0. The lowest BCUT2D eigenvalue weighted by molar-refractivity contribution is -0.155. The smallest absolute Gasteiger partial charge is 0.308 e. The lowest BCUT2D eigenvalue weighted by atomic mass is 9.82. The first-order valence-corrected chi connectivity index (χ1v) is 10.4. The minimum atomic E-state index is -0.0838. The van der Waals surface area contributed by atoms with E-state index in [4.69, 9.17) is 9.47 Å². The lowest BCUT2D eigenvalue weighted by Crippen LogP contribution is -2.28. The molecule has 1 fully saturated rings. The van der Waals surface area contributed by atoms with Crippen molar-refractivity contribution in [3.63, 3.8) is 0 Å². The molecule has 4 heteroatoms. The third kappa shape index (κ3) is 9.86. The molecule has 1 aliphatic carbocycles. The highest BCUT2D eigenvalue weighted by molar-refractivity contribution is 5.75. The fraction of sp³-hybridized carbons (Fsp3) is 0.905. The van der Waals surface area contributed by atoms with Crippen LogP contribution in [0.5, 0.6) is 0 Å². The molecule has 1 rings (SSSR count). The Hall–Kier alpha value is -1.06. The number of hydrogen-bond donors (Lipinski definition) is 0. The Bertz CT molecular complexity index is 370. The van der Waals surface area contributed by atoms with Crippen LogP contribution in [0.4, 0.5) is 0 Å². The largest absolute Gasteiger partial charge is 0.465 e. The highest BCUT2D eigenvalue weighted by Gasteiger charge is 2.31. The van der Waals surface area contributed by atoms with Gasteiger partial charge in [0, 0.05) is 0 Å². The maximum atomic E-state index is 12.1. The average molecular weight is 355 g/mol. The Kier molecular flexibility index (Phi) is 11.6. The minimum absolute atomic E-state index is 0.0280. The first-order valence-electron chi connectivity index (χ1n) is 10.4. The van der Waals surface area contributed by atoms with Crippen molar-refractivity contribution in [2.75, 3.05) is 13.2 Å². The molecule has 25 heavy (non-hydrogen) atoms. The van der Waals surface area contributed by atoms with Gasteiger partial charge < -0.3 is 9.47 Å². The van der Waals surface area contributed by atoms with Crippen molar-refractivity contribution in [2.45, 2.75) is 91.4 Å². The van der Waals surface area contributed by atoms with Crippen molar-refractivity contribution in [3.05, 3.63) is 0 Å². The fourth-order valence-electron chi connectivity index (χ4n) is 3.25. The van der Waals surface area contributed by atoms with Crippen molar-refractivity contribution in [2.24, 2.45) is 17.8 Å². The van der Waals surface area contributed by atoms with Crippen molar-refractivity contribution in [1.29, 1.82) is 0 Å². The van der Waals surface area contributed by atoms with Gasteiger partial charge in [-0.25, -0.2) is 0 Å². The number of carbonyl (C=O) groups excluding carboxylic acids is 2. The molecule has 0 radical (unpaired) electrons. The van der Waals surface area contributed by atoms with Gasteiger partial charge in [-0.1, -0.05) is 52.9 Å². The van der Waals surface area contributed by atoms with Crippen molar-refractivity contribution in [3.8, 4) is 0 Å². The van der Waals surface area contributed by atoms with Gasteiger partial charge in [0.1, 0.15) is 0 Å². The van der Waals surface area contributed by atoms with Gasteiger partial charge in [0.15, 0.2) is 0 Å². The van der Waals surface area contributed by atoms with E-state index < -0.39 is 0 Å². The van der Waals surface area contributed by atoms with Crippen molar-refractivity contribution in [1.82, 2.24) is 0 Å². The number of unbranched alkanes of at least 4 members (excludes halogenated alkanes) is 5. The lowest BCUT2D eigenvalue weighted by Gasteiger charge is -2.26. The van der Waals surface area contributed by atoms with Crippen LogP contribution in [-0.4, -0.2) is 25.2 Å². The predicted octanol–water partition coefficient (Wildman–Crippen LogP) is 5.29. The van der Waals surface area contributed by atoms with E-state index in [1.165, 1.54) is 25.7 Å². The van der Waals surface area contributed by atoms with E-state index in [0.717, 1.165) is 44.9 Å². The van der Waals surface area contributed by atoms with E-state index in [1.807, 2.05) is 0 Å². The second kappa shape index (κ2) is 13.2. The quantitative estimate of drug-likeness (QED) is 0.353. The summed E-state index contributed by atoms with van der Waals surface area (Å²) in [5.74, 6) is 0.333. The molecule has 0 amide bonds. The molecule has 0 atom stereocenters. The van der Waals surface area contributed by atoms with Gasteiger partial charge in [-0.15, -0.1) is 0 Å². The molecule has 4 nitrogen and oxygen atoms in total. The van der Waals surface area contributed by atoms with Gasteiger partial charge in [-0.05, 0) is 44.4 Å². The Balaban J connectivity index is 2.10. The molecule has 0 aromatic rings. The Morgan fingerprint density at radius 1 is 0.800 bits per heavy atom. The molecule has 0 spiro atoms. The fourth-order valence-corrected chi connectivity index (χ4v) is 3.25. The van der Waals surface area contributed by atoms with Crippen LogP contribution in [0.2, 0.25) is 0 Å². The third-order valence-electron chi connectivity index (χ3n) is 5.08. The van der Waals surface area contributed by atoms with Crippen LogP contribution in [0.3, 0.4) is 0 Å². The number of carbonyl (C=O) groups is 2. The summed E-state index contributed by atoms with van der Waals surface area (Å²) in [6.07, 6.45) is 11.1. The van der Waals surface area contributed by atoms with E-state index in [0.29, 0.717) is 19.1 Å². The number of ether oxygens (including phenoxy) is 2. The van der Waals surface area contributed by atoms with Gasteiger partial charge >= 0.3 is 11.9 Å². The predicted molar refractivity (Wildman–Crippen MR) is 100 cm³/mol. The zero-order valence-electron chi connectivity index (χ0n) is 16.6. The highest BCUT2D eigenvalue weighted by Crippen LogP contribution is 2.30. The van der Waals surface area contributed by atoms with Crippen LogP contribution < -0.4 is 0 Å². The van der Waals surface area contributed by atoms with E-state index in [9.17, 15) is 9.59 Å². The maximum absolute atomic E-state index is 12.1. The molecule has 0 N–H and O–H groups in total. The average Bonchev–Trinajstić information content (AvgIpc) is 2.60. The molecular weight excluding hydrogens is 316 g/mol. The molecule has 146 valence electrons. The minimum Gasteiger partial charge on any atom is -0.465 e. The molecule has 1 saturated carbocycles. The van der Waals surface area contributed by atoms with Crippen molar-refractivity contribution < 1.29 is 19.1 Å². The monoisotopic (exact) mass is 354 g/mol. The van der Waals surface area contributed by atoms with E-state index in [1.54, 1.807) is 0 Å². The summed E-state index contributed by atoms with van der Waals surface area (Å²) in [5, 5.41) is 0. The normalized spacial score (nSPS) is 20.5. The summed E-state index contributed by atoms with van der Waals surface area (Å²) in [5.41, 5.74) is 0. The summed E-state index contributed by atoms with van der Waals surface area (Å²) >= 11 is 0. The standard InChI is InChI=1S/C21H38O4/c1-4-5-6-7-8-9-15-24-20(22)18-10-12-19(13-11-18)21(23)25-16-14-17(2)3/h17-19H,4-16H2,1-3H3. The summed E-state index contributed by atoms with van der Waals surface area (Å²) in [7, 11) is 0. The topological polar surface area (TPSA) is 52.6 Å². The molecule has 1 aliphatic rings. The van der Waals surface area contributed by atoms with E-state index in [2.05, 4.69) is 20.8 Å². The number of hydrogen-bond acceptors (Lipinski definition) is 4. The molecule has 0 unspecified atom stereocenters. The van der Waals surface area contributed by atoms with Gasteiger partial charge in [0.05, 0.1) is 25.0 Å². The Morgan fingerprint density at radius 2 is 1.28 bits per heavy atom. The second-order valence-electron chi connectivity index (χ2n) is 7.83. The van der Waals surface area contributed by atoms with E-state index >= 15 is 0 Å². The SMILES string of the molecule is CCCCCCCCOC(=O)C1CCC(C(=O)OCCC(C)C)CC1. The Morgan fingerprint density at radius 3 is 1.80 bits per heavy atom. The molecule has 0 bridgehead atoms. The summed E-state index contributed by atoms with van der Waals surface area (Å²) in [4.78, 5) is 24.2. The van der Waals surface area contributed by atoms with Crippen LogP contribution in [0.15, 0.2) is 0 Å². The van der Waals surface area contributed by atoms with Crippen molar-refractivity contribution >= 4 is 11.9 Å². The van der Waals surface area contributed by atoms with Gasteiger partial charge in [0.2, 0.25) is 0 Å². The molecule has 0 heterocycles. The van der Waals surface area contributed by atoms with Crippen LogP contribution >= 0.6 is 0 Å². The van der Waals surface area contributed by atoms with E-state index in [-0.39, 0.29) is 23.8 Å². The molecule has 0 aliphatic heterocycles. The second-order valence-corrected chi connectivity index (χ2v) is 7.83. The molecule has 0 aromatic carbocycles. The van der Waals surface area contributed by atoms with Crippen LogP contribution in [-0.2, 0) is 19.1 Å².